The van der Waals surface area contributed by atoms with Crippen molar-refractivity contribution in [3.8, 4) is 0 Å². The molecular formula is C10H13NO. The minimum Gasteiger partial charge on any atom is -0.355 e. The van der Waals surface area contributed by atoms with Gasteiger partial charge >= 0.3 is 0 Å². The molecule has 0 bridgehead atoms. The molecule has 1 aliphatic rings. The van der Waals surface area contributed by atoms with Gasteiger partial charge in [-0.05, 0) is 12.0 Å². The quantitative estimate of drug-likeness (QED) is 0.622. The van der Waals surface area contributed by atoms with Crippen LogP contribution in [0.1, 0.15) is 6.92 Å². The van der Waals surface area contributed by atoms with Crippen LogP contribution in [0.15, 0.2) is 36.0 Å². The highest BCUT2D eigenvalue weighted by atomic mass is 16.1. The largest absolute Gasteiger partial charge is 0.355 e. The van der Waals surface area contributed by atoms with E-state index in [9.17, 15) is 4.79 Å². The molecule has 0 saturated carbocycles. The number of carbonyl (C=O) groups excluding carboxylic acids is 1. The van der Waals surface area contributed by atoms with Gasteiger partial charge < -0.3 is 5.32 Å². The number of allylic oxidation sites excluding steroid dienone is 4. The molecule has 1 unspecified atom stereocenters. The number of nitrogens with one attached hydrogen (secondary N) is 1. The Kier molecular flexibility index (Phi) is 2.86. The van der Waals surface area contributed by atoms with Crippen LogP contribution in [0.25, 0.3) is 0 Å². The van der Waals surface area contributed by atoms with E-state index < -0.39 is 0 Å². The summed E-state index contributed by atoms with van der Waals surface area (Å²) in [5.41, 5.74) is 0.707. The summed E-state index contributed by atoms with van der Waals surface area (Å²) in [4.78, 5) is 11.2. The van der Waals surface area contributed by atoms with Crippen LogP contribution in [0, 0.1) is 5.92 Å². The molecule has 2 nitrogen and oxygen atoms in total. The summed E-state index contributed by atoms with van der Waals surface area (Å²) in [7, 11) is 1.63. The predicted molar refractivity (Wildman–Crippen MR) is 49.6 cm³/mol. The van der Waals surface area contributed by atoms with Crippen molar-refractivity contribution in [2.24, 2.45) is 5.92 Å². The standard InChI is InChI=1S/C10H13NO/c1-8-4-3-5-9(7-6-8)10(12)11-2/h3-8H,1-2H3,(H,11,12). The SMILES string of the molecule is CNC(=O)C1=CC=CC(C)C=C1. The number of rotatable bonds is 1. The third kappa shape index (κ3) is 2.09. The highest BCUT2D eigenvalue weighted by Gasteiger charge is 2.04. The van der Waals surface area contributed by atoms with Crippen molar-refractivity contribution in [3.05, 3.63) is 36.0 Å². The lowest BCUT2D eigenvalue weighted by atomic mass is 10.1. The molecule has 0 aromatic carbocycles. The molecule has 0 radical (unpaired) electrons. The Balaban J connectivity index is 2.80. The highest BCUT2D eigenvalue weighted by molar-refractivity contribution is 5.96. The topological polar surface area (TPSA) is 29.1 Å². The molecule has 0 aliphatic heterocycles. The van der Waals surface area contributed by atoms with E-state index in [1.807, 2.05) is 30.4 Å². The number of hydrogen-bond acceptors (Lipinski definition) is 1. The Hall–Kier alpha value is -1.31. The van der Waals surface area contributed by atoms with E-state index in [-0.39, 0.29) is 5.91 Å². The maximum Gasteiger partial charge on any atom is 0.251 e. The molecule has 1 amide bonds. The fourth-order valence-corrected chi connectivity index (χ4v) is 1.01. The van der Waals surface area contributed by atoms with Crippen molar-refractivity contribution in [1.82, 2.24) is 5.32 Å². The minimum atomic E-state index is -0.0370. The van der Waals surface area contributed by atoms with E-state index in [1.54, 1.807) is 7.05 Å². The Morgan fingerprint density at radius 1 is 1.50 bits per heavy atom. The van der Waals surface area contributed by atoms with Crippen LogP contribution in [-0.2, 0) is 4.79 Å². The van der Waals surface area contributed by atoms with Gasteiger partial charge in [-0.2, -0.15) is 0 Å². The first-order valence-electron chi connectivity index (χ1n) is 4.03. The van der Waals surface area contributed by atoms with Crippen molar-refractivity contribution in [2.45, 2.75) is 6.92 Å². The summed E-state index contributed by atoms with van der Waals surface area (Å²) in [5, 5.41) is 2.58. The molecule has 1 aliphatic carbocycles. The van der Waals surface area contributed by atoms with E-state index in [1.165, 1.54) is 0 Å². The summed E-state index contributed by atoms with van der Waals surface area (Å²) in [6.45, 7) is 2.08. The fourth-order valence-electron chi connectivity index (χ4n) is 1.01. The lowest BCUT2D eigenvalue weighted by Gasteiger charge is -1.97. The zero-order valence-electron chi connectivity index (χ0n) is 7.37. The molecule has 1 rings (SSSR count). The van der Waals surface area contributed by atoms with E-state index in [0.29, 0.717) is 11.5 Å². The molecule has 0 saturated heterocycles. The number of likely N-dealkylation sites (N-methyl/N-ethyl adjacent to an activating group) is 1. The summed E-state index contributed by atoms with van der Waals surface area (Å²) in [6.07, 6.45) is 9.63. The summed E-state index contributed by atoms with van der Waals surface area (Å²) in [5.74, 6) is 0.369. The predicted octanol–water partition coefficient (Wildman–Crippen LogP) is 1.42. The summed E-state index contributed by atoms with van der Waals surface area (Å²) in [6, 6.07) is 0. The maximum atomic E-state index is 11.2. The molecule has 1 atom stereocenters. The van der Waals surface area contributed by atoms with Gasteiger partial charge in [0.1, 0.15) is 0 Å². The van der Waals surface area contributed by atoms with Gasteiger partial charge in [0, 0.05) is 12.6 Å². The van der Waals surface area contributed by atoms with Crippen molar-refractivity contribution >= 4 is 5.91 Å². The zero-order valence-corrected chi connectivity index (χ0v) is 7.37. The van der Waals surface area contributed by atoms with Crippen LogP contribution < -0.4 is 5.32 Å². The Bertz CT molecular complexity index is 261. The molecule has 12 heavy (non-hydrogen) atoms. The Labute approximate surface area is 72.7 Å². The van der Waals surface area contributed by atoms with Crippen LogP contribution in [0.2, 0.25) is 0 Å². The van der Waals surface area contributed by atoms with Crippen molar-refractivity contribution in [3.63, 3.8) is 0 Å². The smallest absolute Gasteiger partial charge is 0.251 e. The van der Waals surface area contributed by atoms with Crippen LogP contribution in [-0.4, -0.2) is 13.0 Å². The van der Waals surface area contributed by atoms with Gasteiger partial charge in [0.15, 0.2) is 0 Å². The first-order valence-corrected chi connectivity index (χ1v) is 4.03. The average Bonchev–Trinajstić information content (AvgIpc) is 2.29. The third-order valence-electron chi connectivity index (χ3n) is 1.76. The van der Waals surface area contributed by atoms with Crippen molar-refractivity contribution in [2.75, 3.05) is 7.05 Å². The van der Waals surface area contributed by atoms with Crippen molar-refractivity contribution in [1.29, 1.82) is 0 Å². The lowest BCUT2D eigenvalue weighted by molar-refractivity contribution is -0.116. The second-order valence-corrected chi connectivity index (χ2v) is 2.80. The molecule has 0 spiro atoms. The molecule has 64 valence electrons. The second-order valence-electron chi connectivity index (χ2n) is 2.80. The van der Waals surface area contributed by atoms with Crippen LogP contribution in [0.3, 0.4) is 0 Å². The van der Waals surface area contributed by atoms with Gasteiger partial charge in [-0.1, -0.05) is 31.2 Å². The van der Waals surface area contributed by atoms with E-state index in [0.717, 1.165) is 0 Å². The van der Waals surface area contributed by atoms with Crippen molar-refractivity contribution < 1.29 is 4.79 Å². The van der Waals surface area contributed by atoms with E-state index in [2.05, 4.69) is 12.2 Å². The number of carbonyl (C=O) groups is 1. The number of amides is 1. The normalized spacial score (nSPS) is 21.5. The Morgan fingerprint density at radius 3 is 2.92 bits per heavy atom. The summed E-state index contributed by atoms with van der Waals surface area (Å²) < 4.78 is 0. The van der Waals surface area contributed by atoms with Gasteiger partial charge in [0.05, 0.1) is 0 Å². The zero-order chi connectivity index (χ0) is 8.97. The van der Waals surface area contributed by atoms with Gasteiger partial charge in [0.25, 0.3) is 5.91 Å². The van der Waals surface area contributed by atoms with E-state index >= 15 is 0 Å². The molecular weight excluding hydrogens is 150 g/mol. The highest BCUT2D eigenvalue weighted by Crippen LogP contribution is 2.08. The van der Waals surface area contributed by atoms with Gasteiger partial charge in [-0.15, -0.1) is 0 Å². The molecule has 0 aromatic heterocycles. The fraction of sp³-hybridized carbons (Fsp3) is 0.300. The maximum absolute atomic E-state index is 11.2. The molecule has 2 heteroatoms. The molecule has 0 fully saturated rings. The molecule has 1 N–H and O–H groups in total. The molecule has 0 aromatic rings. The van der Waals surface area contributed by atoms with Gasteiger partial charge in [0.2, 0.25) is 0 Å². The third-order valence-corrected chi connectivity index (χ3v) is 1.76. The monoisotopic (exact) mass is 163 g/mol. The van der Waals surface area contributed by atoms with Gasteiger partial charge in [-0.25, -0.2) is 0 Å². The second kappa shape index (κ2) is 3.90. The average molecular weight is 163 g/mol. The van der Waals surface area contributed by atoms with Crippen LogP contribution in [0.5, 0.6) is 0 Å². The summed E-state index contributed by atoms with van der Waals surface area (Å²) >= 11 is 0. The van der Waals surface area contributed by atoms with Crippen LogP contribution >= 0.6 is 0 Å². The number of hydrogen-bond donors (Lipinski definition) is 1. The lowest BCUT2D eigenvalue weighted by Crippen LogP contribution is -2.18. The van der Waals surface area contributed by atoms with Gasteiger partial charge in [-0.3, -0.25) is 4.79 Å². The Morgan fingerprint density at radius 2 is 2.25 bits per heavy atom. The van der Waals surface area contributed by atoms with Crippen LogP contribution in [0.4, 0.5) is 0 Å². The first-order chi connectivity index (χ1) is 5.74. The minimum absolute atomic E-state index is 0.0370. The molecule has 0 heterocycles. The first kappa shape index (κ1) is 8.78. The van der Waals surface area contributed by atoms with E-state index in [4.69, 9.17) is 0 Å².